The third kappa shape index (κ3) is 3.28. The predicted molar refractivity (Wildman–Crippen MR) is 79.2 cm³/mol. The molecule has 0 bridgehead atoms. The molecule has 2 aliphatic heterocycles. The highest BCUT2D eigenvalue weighted by Gasteiger charge is 2.38. The molecule has 0 aromatic carbocycles. The van der Waals surface area contributed by atoms with Crippen LogP contribution in [-0.4, -0.2) is 52.7 Å². The van der Waals surface area contributed by atoms with Gasteiger partial charge in [0.25, 0.3) is 0 Å². The van der Waals surface area contributed by atoms with Crippen molar-refractivity contribution in [2.45, 2.75) is 45.1 Å². The van der Waals surface area contributed by atoms with Gasteiger partial charge in [-0.2, -0.15) is 13.2 Å². The largest absolute Gasteiger partial charge is 0.434 e. The van der Waals surface area contributed by atoms with E-state index in [1.807, 2.05) is 4.90 Å². The van der Waals surface area contributed by atoms with Gasteiger partial charge in [0.2, 0.25) is 0 Å². The van der Waals surface area contributed by atoms with Crippen LogP contribution in [0.25, 0.3) is 0 Å². The number of anilines is 1. The Morgan fingerprint density at radius 2 is 1.96 bits per heavy atom. The first-order chi connectivity index (χ1) is 10.7. The Kier molecular flexibility index (Phi) is 4.00. The molecule has 128 valence electrons. The van der Waals surface area contributed by atoms with E-state index in [2.05, 4.69) is 35.6 Å². The number of rotatable bonds is 0. The highest BCUT2D eigenvalue weighted by Crippen LogP contribution is 2.32. The van der Waals surface area contributed by atoms with Gasteiger partial charge in [-0.05, 0) is 20.8 Å². The highest BCUT2D eigenvalue weighted by atomic mass is 19.4. The van der Waals surface area contributed by atoms with Gasteiger partial charge in [0.05, 0.1) is 25.5 Å². The zero-order chi connectivity index (χ0) is 16.8. The second-order valence-electron chi connectivity index (χ2n) is 7.00. The fourth-order valence-electron chi connectivity index (χ4n) is 3.07. The number of ether oxygens (including phenoxy) is 1. The molecule has 3 heterocycles. The summed E-state index contributed by atoms with van der Waals surface area (Å²) >= 11 is 0. The van der Waals surface area contributed by atoms with E-state index in [1.165, 1.54) is 0 Å². The molecule has 0 N–H and O–H groups in total. The maximum absolute atomic E-state index is 12.8. The number of hydrogen-bond acceptors (Lipinski definition) is 5. The molecular weight excluding hydrogens is 309 g/mol. The SMILES string of the molecule is CC(C)(C)N1CCN2c3ncc(C(F)(F)F)nc3COC[C@@H]2C1. The van der Waals surface area contributed by atoms with Crippen molar-refractivity contribution in [3.63, 3.8) is 0 Å². The summed E-state index contributed by atoms with van der Waals surface area (Å²) in [7, 11) is 0. The van der Waals surface area contributed by atoms with E-state index >= 15 is 0 Å². The Balaban J connectivity index is 1.88. The van der Waals surface area contributed by atoms with Gasteiger partial charge in [0.1, 0.15) is 5.69 Å². The summed E-state index contributed by atoms with van der Waals surface area (Å²) < 4.78 is 44.0. The van der Waals surface area contributed by atoms with E-state index in [0.717, 1.165) is 19.3 Å². The molecule has 5 nitrogen and oxygen atoms in total. The second kappa shape index (κ2) is 5.59. The van der Waals surface area contributed by atoms with E-state index in [-0.39, 0.29) is 23.9 Å². The van der Waals surface area contributed by atoms with Crippen molar-refractivity contribution in [2.75, 3.05) is 31.1 Å². The number of alkyl halides is 3. The molecule has 1 aromatic heterocycles. The molecule has 1 saturated heterocycles. The van der Waals surface area contributed by atoms with Gasteiger partial charge >= 0.3 is 6.18 Å². The van der Waals surface area contributed by atoms with E-state index in [1.54, 1.807) is 0 Å². The van der Waals surface area contributed by atoms with E-state index < -0.39 is 11.9 Å². The Bertz CT molecular complexity index is 585. The van der Waals surface area contributed by atoms with Crippen LogP contribution in [0.3, 0.4) is 0 Å². The summed E-state index contributed by atoms with van der Waals surface area (Å²) in [5.41, 5.74) is -0.647. The van der Waals surface area contributed by atoms with Crippen LogP contribution in [0.2, 0.25) is 0 Å². The van der Waals surface area contributed by atoms with Crippen LogP contribution in [0.1, 0.15) is 32.2 Å². The number of nitrogens with zero attached hydrogens (tertiary/aromatic N) is 4. The summed E-state index contributed by atoms with van der Waals surface area (Å²) in [6, 6.07) is 0.0789. The normalized spacial score (nSPS) is 23.2. The average molecular weight is 330 g/mol. The molecule has 3 rings (SSSR count). The fourth-order valence-corrected chi connectivity index (χ4v) is 3.07. The highest BCUT2D eigenvalue weighted by molar-refractivity contribution is 5.46. The van der Waals surface area contributed by atoms with E-state index in [0.29, 0.717) is 19.0 Å². The first kappa shape index (κ1) is 16.4. The number of aromatic nitrogens is 2. The lowest BCUT2D eigenvalue weighted by Crippen LogP contribution is -2.59. The van der Waals surface area contributed by atoms with Gasteiger partial charge < -0.3 is 9.64 Å². The third-order valence-electron chi connectivity index (χ3n) is 4.37. The molecular formula is C15H21F3N4O. The van der Waals surface area contributed by atoms with Gasteiger partial charge in [-0.1, -0.05) is 0 Å². The van der Waals surface area contributed by atoms with Gasteiger partial charge in [-0.3, -0.25) is 4.90 Å². The van der Waals surface area contributed by atoms with Crippen LogP contribution in [0.15, 0.2) is 6.20 Å². The predicted octanol–water partition coefficient (Wildman–Crippen LogP) is 2.31. The lowest BCUT2D eigenvalue weighted by atomic mass is 10.0. The first-order valence-corrected chi connectivity index (χ1v) is 7.69. The van der Waals surface area contributed by atoms with Crippen molar-refractivity contribution in [3.05, 3.63) is 17.6 Å². The Morgan fingerprint density at radius 3 is 2.61 bits per heavy atom. The lowest BCUT2D eigenvalue weighted by Gasteiger charge is -2.46. The van der Waals surface area contributed by atoms with Crippen molar-refractivity contribution >= 4 is 5.82 Å². The average Bonchev–Trinajstić information content (AvgIpc) is 2.63. The molecule has 0 amide bonds. The van der Waals surface area contributed by atoms with Crippen LogP contribution in [0.5, 0.6) is 0 Å². The quantitative estimate of drug-likeness (QED) is 0.730. The minimum atomic E-state index is -4.49. The van der Waals surface area contributed by atoms with Crippen molar-refractivity contribution < 1.29 is 17.9 Å². The van der Waals surface area contributed by atoms with Crippen LogP contribution in [-0.2, 0) is 17.5 Å². The molecule has 8 heteroatoms. The van der Waals surface area contributed by atoms with Crippen LogP contribution in [0, 0.1) is 0 Å². The number of piperazine rings is 1. The van der Waals surface area contributed by atoms with Crippen molar-refractivity contribution in [2.24, 2.45) is 0 Å². The minimum absolute atomic E-state index is 0.0487. The van der Waals surface area contributed by atoms with Crippen LogP contribution >= 0.6 is 0 Å². The second-order valence-corrected chi connectivity index (χ2v) is 7.00. The topological polar surface area (TPSA) is 41.5 Å². The third-order valence-corrected chi connectivity index (χ3v) is 4.37. The monoisotopic (exact) mass is 330 g/mol. The summed E-state index contributed by atoms with van der Waals surface area (Å²) in [6.07, 6.45) is -3.67. The smallest absolute Gasteiger partial charge is 0.373 e. The molecule has 1 atom stereocenters. The van der Waals surface area contributed by atoms with Crippen molar-refractivity contribution in [1.82, 2.24) is 14.9 Å². The molecule has 23 heavy (non-hydrogen) atoms. The van der Waals surface area contributed by atoms with E-state index in [4.69, 9.17) is 4.74 Å². The molecule has 0 spiro atoms. The molecule has 1 fully saturated rings. The molecule has 0 saturated carbocycles. The maximum Gasteiger partial charge on any atom is 0.434 e. The molecule has 0 unspecified atom stereocenters. The Labute approximate surface area is 133 Å². The molecule has 0 aliphatic carbocycles. The summed E-state index contributed by atoms with van der Waals surface area (Å²) in [5.74, 6) is 0.522. The van der Waals surface area contributed by atoms with Gasteiger partial charge in [-0.15, -0.1) is 0 Å². The first-order valence-electron chi connectivity index (χ1n) is 7.69. The lowest BCUT2D eigenvalue weighted by molar-refractivity contribution is -0.141. The van der Waals surface area contributed by atoms with Crippen LogP contribution in [0.4, 0.5) is 19.0 Å². The van der Waals surface area contributed by atoms with Gasteiger partial charge in [0.15, 0.2) is 11.5 Å². The van der Waals surface area contributed by atoms with E-state index in [9.17, 15) is 13.2 Å². The Hall–Kier alpha value is -1.41. The zero-order valence-corrected chi connectivity index (χ0v) is 13.5. The standard InChI is InChI=1S/C15H21F3N4O/c1-14(2,3)21-4-5-22-10(7-21)8-23-9-11-13(22)19-6-12(20-11)15(16,17)18/h6,10H,4-5,7-9H2,1-3H3/t10-/m0/s1. The van der Waals surface area contributed by atoms with Crippen molar-refractivity contribution in [3.8, 4) is 0 Å². The summed E-state index contributed by atoms with van der Waals surface area (Å²) in [5, 5.41) is 0. The van der Waals surface area contributed by atoms with Crippen molar-refractivity contribution in [1.29, 1.82) is 0 Å². The Morgan fingerprint density at radius 1 is 1.22 bits per heavy atom. The maximum atomic E-state index is 12.8. The van der Waals surface area contributed by atoms with Crippen LogP contribution < -0.4 is 4.90 Å². The minimum Gasteiger partial charge on any atom is -0.373 e. The molecule has 2 aliphatic rings. The summed E-state index contributed by atoms with van der Waals surface area (Å²) in [4.78, 5) is 12.2. The van der Waals surface area contributed by atoms with Gasteiger partial charge in [0, 0.05) is 25.2 Å². The number of hydrogen-bond donors (Lipinski definition) is 0. The number of halogens is 3. The van der Waals surface area contributed by atoms with Gasteiger partial charge in [-0.25, -0.2) is 9.97 Å². The molecule has 0 radical (unpaired) electrons. The zero-order valence-electron chi connectivity index (χ0n) is 13.5. The summed E-state index contributed by atoms with van der Waals surface area (Å²) in [6.45, 7) is 9.34. The fraction of sp³-hybridized carbons (Fsp3) is 0.733. The number of fused-ring (bicyclic) bond motifs is 3. The molecule has 1 aromatic rings.